The van der Waals surface area contributed by atoms with Gasteiger partial charge < -0.3 is 9.63 Å². The summed E-state index contributed by atoms with van der Waals surface area (Å²) in [6, 6.07) is 8.88. The normalized spacial score (nSPS) is 10.8. The molecular formula is C16H15N3O2. The van der Waals surface area contributed by atoms with E-state index >= 15 is 0 Å². The van der Waals surface area contributed by atoms with E-state index < -0.39 is 0 Å². The van der Waals surface area contributed by atoms with Crippen LogP contribution in [0.4, 0.5) is 0 Å². The van der Waals surface area contributed by atoms with Crippen molar-refractivity contribution in [1.29, 1.82) is 0 Å². The Morgan fingerprint density at radius 1 is 0.952 bits per heavy atom. The second kappa shape index (κ2) is 5.01. The lowest BCUT2D eigenvalue weighted by Crippen LogP contribution is -1.89. The average molecular weight is 281 g/mol. The fourth-order valence-corrected chi connectivity index (χ4v) is 2.30. The monoisotopic (exact) mass is 281 g/mol. The summed E-state index contributed by atoms with van der Waals surface area (Å²) in [4.78, 5) is 8.77. The molecule has 0 bridgehead atoms. The Balaban J connectivity index is 2.03. The molecule has 0 radical (unpaired) electrons. The Morgan fingerprint density at radius 2 is 1.67 bits per heavy atom. The van der Waals surface area contributed by atoms with Crippen molar-refractivity contribution in [3.63, 3.8) is 0 Å². The molecule has 0 aliphatic heterocycles. The van der Waals surface area contributed by atoms with Gasteiger partial charge in [-0.1, -0.05) is 5.16 Å². The van der Waals surface area contributed by atoms with Crippen LogP contribution < -0.4 is 0 Å². The van der Waals surface area contributed by atoms with Gasteiger partial charge in [-0.05, 0) is 56.7 Å². The topological polar surface area (TPSA) is 72.0 Å². The van der Waals surface area contributed by atoms with Crippen molar-refractivity contribution in [3.8, 4) is 28.6 Å². The first-order valence-electron chi connectivity index (χ1n) is 6.62. The molecule has 0 aliphatic carbocycles. The van der Waals surface area contributed by atoms with Crippen LogP contribution in [0, 0.1) is 20.8 Å². The fraction of sp³-hybridized carbons (Fsp3) is 0.188. The number of hydrogen-bond donors (Lipinski definition) is 1. The molecule has 0 saturated heterocycles. The van der Waals surface area contributed by atoms with Gasteiger partial charge >= 0.3 is 0 Å². The van der Waals surface area contributed by atoms with Crippen LogP contribution in [0.5, 0.6) is 5.75 Å². The van der Waals surface area contributed by atoms with Crippen molar-refractivity contribution in [2.45, 2.75) is 20.8 Å². The molecule has 5 heteroatoms. The van der Waals surface area contributed by atoms with Crippen molar-refractivity contribution in [3.05, 3.63) is 47.3 Å². The van der Waals surface area contributed by atoms with E-state index in [-0.39, 0.29) is 5.75 Å². The van der Waals surface area contributed by atoms with Gasteiger partial charge in [0.25, 0.3) is 5.89 Å². The highest BCUT2D eigenvalue weighted by molar-refractivity contribution is 5.63. The second-order valence-electron chi connectivity index (χ2n) is 5.06. The number of nitrogens with zero attached hydrogens (tertiary/aromatic N) is 3. The summed E-state index contributed by atoms with van der Waals surface area (Å²) in [7, 11) is 0. The lowest BCUT2D eigenvalue weighted by molar-refractivity contribution is 0.432. The van der Waals surface area contributed by atoms with Crippen molar-refractivity contribution in [2.75, 3.05) is 0 Å². The zero-order valence-electron chi connectivity index (χ0n) is 12.1. The zero-order chi connectivity index (χ0) is 15.0. The van der Waals surface area contributed by atoms with E-state index in [0.717, 1.165) is 28.1 Å². The van der Waals surface area contributed by atoms with Gasteiger partial charge in [0.05, 0.1) is 0 Å². The van der Waals surface area contributed by atoms with Crippen LogP contribution in [0.15, 0.2) is 34.9 Å². The number of phenolic OH excluding ortho intramolecular Hbond substituents is 1. The molecule has 3 aromatic rings. The molecule has 0 aliphatic rings. The van der Waals surface area contributed by atoms with Gasteiger partial charge in [0.2, 0.25) is 5.82 Å². The molecule has 1 N–H and O–H groups in total. The third-order valence-electron chi connectivity index (χ3n) is 3.21. The Bertz CT molecular complexity index is 789. The molecule has 21 heavy (non-hydrogen) atoms. The number of phenols is 1. The Morgan fingerprint density at radius 3 is 2.33 bits per heavy atom. The maximum absolute atomic E-state index is 9.46. The van der Waals surface area contributed by atoms with Crippen LogP contribution >= 0.6 is 0 Å². The molecule has 2 heterocycles. The number of benzene rings is 1. The molecular weight excluding hydrogens is 266 g/mol. The van der Waals surface area contributed by atoms with Gasteiger partial charge in [0, 0.05) is 22.5 Å². The minimum absolute atomic E-state index is 0.219. The minimum atomic E-state index is 0.219. The predicted octanol–water partition coefficient (Wildman–Crippen LogP) is 3.43. The van der Waals surface area contributed by atoms with E-state index in [1.807, 2.05) is 32.9 Å². The Labute approximate surface area is 122 Å². The second-order valence-corrected chi connectivity index (χ2v) is 5.06. The molecule has 2 aromatic heterocycles. The smallest absolute Gasteiger partial charge is 0.258 e. The molecule has 0 spiro atoms. The van der Waals surface area contributed by atoms with Crippen LogP contribution in [-0.2, 0) is 0 Å². The first-order chi connectivity index (χ1) is 10.0. The van der Waals surface area contributed by atoms with E-state index in [4.69, 9.17) is 4.52 Å². The third kappa shape index (κ3) is 2.63. The summed E-state index contributed by atoms with van der Waals surface area (Å²) in [5.74, 6) is 1.19. The fourth-order valence-electron chi connectivity index (χ4n) is 2.30. The number of hydrogen-bond acceptors (Lipinski definition) is 5. The first kappa shape index (κ1) is 13.3. The van der Waals surface area contributed by atoms with Crippen LogP contribution in [-0.4, -0.2) is 20.2 Å². The Hall–Kier alpha value is -2.69. The van der Waals surface area contributed by atoms with Gasteiger partial charge in [0.15, 0.2) is 0 Å². The van der Waals surface area contributed by atoms with Gasteiger partial charge in [-0.15, -0.1) is 0 Å². The standard InChI is InChI=1S/C16H15N3O2/c1-9-6-13(20)4-5-14(9)16-18-15(19-21-16)12-7-10(2)17-11(3)8-12/h4-8,20H,1-3H3. The average Bonchev–Trinajstić information content (AvgIpc) is 2.87. The Kier molecular flexibility index (Phi) is 3.17. The van der Waals surface area contributed by atoms with Crippen LogP contribution in [0.3, 0.4) is 0 Å². The van der Waals surface area contributed by atoms with Crippen LogP contribution in [0.2, 0.25) is 0 Å². The van der Waals surface area contributed by atoms with Gasteiger partial charge in [0.1, 0.15) is 5.75 Å². The van der Waals surface area contributed by atoms with Crippen LogP contribution in [0.25, 0.3) is 22.8 Å². The van der Waals surface area contributed by atoms with Crippen molar-refractivity contribution in [2.24, 2.45) is 0 Å². The van der Waals surface area contributed by atoms with Crippen molar-refractivity contribution in [1.82, 2.24) is 15.1 Å². The lowest BCUT2D eigenvalue weighted by atomic mass is 10.1. The SMILES string of the molecule is Cc1cc(-c2noc(-c3ccc(O)cc3C)n2)cc(C)n1. The molecule has 0 unspecified atom stereocenters. The summed E-state index contributed by atoms with van der Waals surface area (Å²) >= 11 is 0. The summed E-state index contributed by atoms with van der Waals surface area (Å²) in [6.07, 6.45) is 0. The summed E-state index contributed by atoms with van der Waals surface area (Å²) < 4.78 is 5.34. The van der Waals surface area contributed by atoms with E-state index in [1.54, 1.807) is 18.2 Å². The van der Waals surface area contributed by atoms with E-state index in [0.29, 0.717) is 11.7 Å². The van der Waals surface area contributed by atoms with Crippen LogP contribution in [0.1, 0.15) is 17.0 Å². The highest BCUT2D eigenvalue weighted by atomic mass is 16.5. The predicted molar refractivity (Wildman–Crippen MR) is 78.8 cm³/mol. The summed E-state index contributed by atoms with van der Waals surface area (Å²) in [5, 5.41) is 13.5. The summed E-state index contributed by atoms with van der Waals surface area (Å²) in [5.41, 5.74) is 4.40. The van der Waals surface area contributed by atoms with Gasteiger partial charge in [-0.25, -0.2) is 0 Å². The number of aromatic hydroxyl groups is 1. The molecule has 5 nitrogen and oxygen atoms in total. The molecule has 0 fully saturated rings. The maximum atomic E-state index is 9.46. The highest BCUT2D eigenvalue weighted by Crippen LogP contribution is 2.27. The number of aromatic nitrogens is 3. The molecule has 0 atom stereocenters. The maximum Gasteiger partial charge on any atom is 0.258 e. The van der Waals surface area contributed by atoms with E-state index in [1.165, 1.54) is 0 Å². The minimum Gasteiger partial charge on any atom is -0.508 e. The molecule has 0 amide bonds. The highest BCUT2D eigenvalue weighted by Gasteiger charge is 2.13. The molecule has 1 aromatic carbocycles. The largest absolute Gasteiger partial charge is 0.508 e. The number of rotatable bonds is 2. The number of aryl methyl sites for hydroxylation is 3. The van der Waals surface area contributed by atoms with Crippen molar-refractivity contribution < 1.29 is 9.63 Å². The van der Waals surface area contributed by atoms with Gasteiger partial charge in [-0.2, -0.15) is 4.98 Å². The van der Waals surface area contributed by atoms with Crippen molar-refractivity contribution >= 4 is 0 Å². The molecule has 0 saturated carbocycles. The first-order valence-corrected chi connectivity index (χ1v) is 6.62. The lowest BCUT2D eigenvalue weighted by Gasteiger charge is -2.01. The zero-order valence-corrected chi connectivity index (χ0v) is 12.1. The quantitative estimate of drug-likeness (QED) is 0.779. The molecule has 106 valence electrons. The van der Waals surface area contributed by atoms with E-state index in [2.05, 4.69) is 15.1 Å². The third-order valence-corrected chi connectivity index (χ3v) is 3.21. The number of pyridine rings is 1. The van der Waals surface area contributed by atoms with Gasteiger partial charge in [-0.3, -0.25) is 4.98 Å². The summed E-state index contributed by atoms with van der Waals surface area (Å²) in [6.45, 7) is 5.75. The molecule has 3 rings (SSSR count). The van der Waals surface area contributed by atoms with E-state index in [9.17, 15) is 5.11 Å².